The van der Waals surface area contributed by atoms with Crippen LogP contribution in [0.5, 0.6) is 0 Å². The number of para-hydroxylation sites is 3. The first-order valence-corrected chi connectivity index (χ1v) is 19.8. The second-order valence-electron chi connectivity index (χ2n) is 16.5. The number of hydrogen-bond acceptors (Lipinski definition) is 1. The minimum Gasteiger partial charge on any atom is -0.309 e. The van der Waals surface area contributed by atoms with Gasteiger partial charge in [-0.05, 0) is 81.4 Å². The van der Waals surface area contributed by atoms with Crippen molar-refractivity contribution < 1.29 is 0 Å². The number of fused-ring (bicyclic) bond motifs is 9. The lowest BCUT2D eigenvalue weighted by Gasteiger charge is -2.31. The van der Waals surface area contributed by atoms with E-state index in [1.54, 1.807) is 0 Å². The van der Waals surface area contributed by atoms with E-state index in [1.807, 2.05) is 0 Å². The molecule has 56 heavy (non-hydrogen) atoms. The van der Waals surface area contributed by atoms with Crippen molar-refractivity contribution in [3.63, 3.8) is 0 Å². The van der Waals surface area contributed by atoms with Crippen LogP contribution >= 0.6 is 0 Å². The predicted octanol–water partition coefficient (Wildman–Crippen LogP) is 14.5. The Bertz CT molecular complexity index is 2890. The Hall–Kier alpha value is -6.64. The van der Waals surface area contributed by atoms with E-state index in [0.29, 0.717) is 0 Å². The molecular weight excluding hydrogens is 677 g/mol. The Kier molecular flexibility index (Phi) is 6.98. The van der Waals surface area contributed by atoms with E-state index in [4.69, 9.17) is 0 Å². The van der Waals surface area contributed by atoms with Crippen LogP contribution in [0.4, 0.5) is 17.1 Å². The summed E-state index contributed by atoms with van der Waals surface area (Å²) in [6.45, 7) is 9.49. The summed E-state index contributed by atoms with van der Waals surface area (Å²) in [5.41, 5.74) is 20.0. The molecule has 8 aromatic carbocycles. The maximum atomic E-state index is 2.56. The molecule has 0 radical (unpaired) electrons. The zero-order chi connectivity index (χ0) is 37.8. The van der Waals surface area contributed by atoms with Gasteiger partial charge >= 0.3 is 0 Å². The molecule has 0 aliphatic heterocycles. The number of anilines is 3. The maximum Gasteiger partial charge on any atom is 0.0543 e. The van der Waals surface area contributed by atoms with Crippen molar-refractivity contribution >= 4 is 38.9 Å². The number of rotatable bonds is 5. The van der Waals surface area contributed by atoms with Crippen LogP contribution in [0, 0.1) is 0 Å². The van der Waals surface area contributed by atoms with Gasteiger partial charge in [0, 0.05) is 44.0 Å². The summed E-state index contributed by atoms with van der Waals surface area (Å²) in [6, 6.07) is 67.5. The largest absolute Gasteiger partial charge is 0.309 e. The number of hydrogen-bond donors (Lipinski definition) is 0. The molecule has 1 heterocycles. The van der Waals surface area contributed by atoms with Crippen LogP contribution in [0.2, 0.25) is 0 Å². The monoisotopic (exact) mass is 718 g/mol. The Morgan fingerprint density at radius 2 is 0.839 bits per heavy atom. The molecule has 1 aromatic heterocycles. The Balaban J connectivity index is 1.18. The first-order chi connectivity index (χ1) is 27.3. The Labute approximate surface area is 328 Å². The predicted molar refractivity (Wildman–Crippen MR) is 236 cm³/mol. The normalized spacial score (nSPS) is 14.4. The highest BCUT2D eigenvalue weighted by Crippen LogP contribution is 2.58. The van der Waals surface area contributed by atoms with Crippen LogP contribution in [0.25, 0.3) is 60.9 Å². The van der Waals surface area contributed by atoms with Gasteiger partial charge in [0.25, 0.3) is 0 Å². The molecule has 0 fully saturated rings. The van der Waals surface area contributed by atoms with Crippen LogP contribution in [-0.4, -0.2) is 4.57 Å². The standard InChI is InChI=1S/C54H42N2/c1-53(2)42-25-10-5-23-40(42)51-44(53)27-16-32-49(51)55(50-33-17-28-45-52(50)41-24-6-11-26-43(41)54(45,3)4)36-19-15-18-35(34-36)37-20-7-12-29-46(37)56-47-30-13-8-21-38(47)39-22-9-14-31-48(39)56/h5-34H,1-4H3. The van der Waals surface area contributed by atoms with Crippen molar-refractivity contribution in [3.8, 4) is 39.1 Å². The second kappa shape index (κ2) is 11.9. The topological polar surface area (TPSA) is 8.17 Å². The van der Waals surface area contributed by atoms with E-state index < -0.39 is 0 Å². The van der Waals surface area contributed by atoms with Crippen molar-refractivity contribution in [3.05, 3.63) is 204 Å². The molecular formula is C54H42N2. The number of nitrogens with zero attached hydrogens (tertiary/aromatic N) is 2. The van der Waals surface area contributed by atoms with Gasteiger partial charge in [0.1, 0.15) is 0 Å². The van der Waals surface area contributed by atoms with Gasteiger partial charge in [-0.25, -0.2) is 0 Å². The minimum absolute atomic E-state index is 0.121. The molecule has 0 amide bonds. The van der Waals surface area contributed by atoms with Gasteiger partial charge < -0.3 is 9.47 Å². The SMILES string of the molecule is CC1(C)c2ccccc2-c2c(N(c3cccc(-c4ccccc4-n4c5ccccc5c5ccccc54)c3)c3cccc4c3-c3ccccc3C4(C)C)cccc21. The quantitative estimate of drug-likeness (QED) is 0.172. The molecule has 268 valence electrons. The third kappa shape index (κ3) is 4.50. The van der Waals surface area contributed by atoms with E-state index in [1.165, 1.54) is 94.5 Å². The fraction of sp³-hybridized carbons (Fsp3) is 0.111. The maximum absolute atomic E-state index is 2.56. The van der Waals surface area contributed by atoms with Crippen molar-refractivity contribution in [2.24, 2.45) is 0 Å². The van der Waals surface area contributed by atoms with Crippen LogP contribution in [0.3, 0.4) is 0 Å². The highest BCUT2D eigenvalue weighted by atomic mass is 15.1. The molecule has 9 aromatic rings. The lowest BCUT2D eigenvalue weighted by molar-refractivity contribution is 0.660. The molecule has 0 atom stereocenters. The molecule has 2 nitrogen and oxygen atoms in total. The first kappa shape index (κ1) is 32.8. The van der Waals surface area contributed by atoms with Gasteiger partial charge in [-0.3, -0.25) is 0 Å². The summed E-state index contributed by atoms with van der Waals surface area (Å²) in [5.74, 6) is 0. The highest BCUT2D eigenvalue weighted by Gasteiger charge is 2.40. The molecule has 2 aliphatic rings. The van der Waals surface area contributed by atoms with E-state index in [9.17, 15) is 0 Å². The average Bonchev–Trinajstić information content (AvgIpc) is 3.79. The lowest BCUT2D eigenvalue weighted by atomic mass is 9.82. The van der Waals surface area contributed by atoms with Gasteiger partial charge in [-0.15, -0.1) is 0 Å². The molecule has 0 bridgehead atoms. The van der Waals surface area contributed by atoms with Crippen molar-refractivity contribution in [1.29, 1.82) is 0 Å². The fourth-order valence-corrected chi connectivity index (χ4v) is 10.2. The highest BCUT2D eigenvalue weighted by molar-refractivity contribution is 6.10. The van der Waals surface area contributed by atoms with Crippen LogP contribution in [-0.2, 0) is 10.8 Å². The summed E-state index contributed by atoms with van der Waals surface area (Å²) < 4.78 is 2.44. The van der Waals surface area contributed by atoms with Gasteiger partial charge in [-0.1, -0.05) is 167 Å². The molecule has 2 aliphatic carbocycles. The molecule has 0 unspecified atom stereocenters. The van der Waals surface area contributed by atoms with Gasteiger partial charge in [0.2, 0.25) is 0 Å². The van der Waals surface area contributed by atoms with E-state index >= 15 is 0 Å². The van der Waals surface area contributed by atoms with Crippen molar-refractivity contribution in [2.45, 2.75) is 38.5 Å². The van der Waals surface area contributed by atoms with Crippen LogP contribution in [0.1, 0.15) is 49.9 Å². The number of benzene rings is 8. The Morgan fingerprint density at radius 3 is 1.41 bits per heavy atom. The van der Waals surface area contributed by atoms with Gasteiger partial charge in [0.05, 0.1) is 28.1 Å². The van der Waals surface area contributed by atoms with Crippen LogP contribution in [0.15, 0.2) is 182 Å². The average molecular weight is 719 g/mol. The molecule has 0 spiro atoms. The number of aromatic nitrogens is 1. The minimum atomic E-state index is -0.121. The fourth-order valence-electron chi connectivity index (χ4n) is 10.2. The van der Waals surface area contributed by atoms with Crippen LogP contribution < -0.4 is 4.90 Å². The molecule has 0 N–H and O–H groups in total. The summed E-state index contributed by atoms with van der Waals surface area (Å²) in [5, 5.41) is 2.53. The molecule has 11 rings (SSSR count). The van der Waals surface area contributed by atoms with Gasteiger partial charge in [-0.2, -0.15) is 0 Å². The van der Waals surface area contributed by atoms with Crippen molar-refractivity contribution in [1.82, 2.24) is 4.57 Å². The van der Waals surface area contributed by atoms with Gasteiger partial charge in [0.15, 0.2) is 0 Å². The molecule has 0 saturated heterocycles. The third-order valence-corrected chi connectivity index (χ3v) is 12.8. The second-order valence-corrected chi connectivity index (χ2v) is 16.5. The van der Waals surface area contributed by atoms with E-state index in [0.717, 1.165) is 5.69 Å². The third-order valence-electron chi connectivity index (χ3n) is 12.8. The molecule has 2 heteroatoms. The van der Waals surface area contributed by atoms with E-state index in [-0.39, 0.29) is 10.8 Å². The first-order valence-electron chi connectivity index (χ1n) is 19.8. The summed E-state index contributed by atoms with van der Waals surface area (Å²) in [7, 11) is 0. The Morgan fingerprint density at radius 1 is 0.393 bits per heavy atom. The summed E-state index contributed by atoms with van der Waals surface area (Å²) in [6.07, 6.45) is 0. The zero-order valence-electron chi connectivity index (χ0n) is 32.2. The van der Waals surface area contributed by atoms with Crippen molar-refractivity contribution in [2.75, 3.05) is 4.90 Å². The van der Waals surface area contributed by atoms with E-state index in [2.05, 4.69) is 219 Å². The smallest absolute Gasteiger partial charge is 0.0543 e. The summed E-state index contributed by atoms with van der Waals surface area (Å²) >= 11 is 0. The summed E-state index contributed by atoms with van der Waals surface area (Å²) in [4.78, 5) is 2.56. The lowest BCUT2D eigenvalue weighted by Crippen LogP contribution is -2.17. The zero-order valence-corrected chi connectivity index (χ0v) is 32.2. The molecule has 0 saturated carbocycles.